The topological polar surface area (TPSA) is 64.0 Å². The van der Waals surface area contributed by atoms with Crippen LogP contribution in [0.3, 0.4) is 0 Å². The molecule has 1 heterocycles. The quantitative estimate of drug-likeness (QED) is 0.796. The van der Waals surface area contributed by atoms with E-state index in [0.717, 1.165) is 11.3 Å². The molecule has 0 bridgehead atoms. The van der Waals surface area contributed by atoms with Crippen LogP contribution in [0.2, 0.25) is 0 Å². The summed E-state index contributed by atoms with van der Waals surface area (Å²) in [6, 6.07) is 7.41. The number of carbonyl (C=O) groups excluding carboxylic acids is 2. The highest BCUT2D eigenvalue weighted by Gasteiger charge is 2.09. The Balaban J connectivity index is 1.68. The van der Waals surface area contributed by atoms with Crippen LogP contribution >= 0.6 is 0 Å². The molecule has 0 atom stereocenters. The SMILES string of the molecule is Cc1ccc(C(=O)CCC(=O)NCCc2cn(C)cn2)cc1. The minimum Gasteiger partial charge on any atom is -0.356 e. The number of aromatic nitrogens is 2. The normalized spacial score (nSPS) is 10.5. The molecule has 2 rings (SSSR count). The Morgan fingerprint density at radius 1 is 1.18 bits per heavy atom. The third-order valence-electron chi connectivity index (χ3n) is 3.41. The molecule has 22 heavy (non-hydrogen) atoms. The number of carbonyl (C=O) groups is 2. The average molecular weight is 299 g/mol. The first kappa shape index (κ1) is 15.9. The minimum atomic E-state index is -0.101. The Morgan fingerprint density at radius 3 is 2.55 bits per heavy atom. The first-order chi connectivity index (χ1) is 10.5. The molecule has 5 nitrogen and oxygen atoms in total. The highest BCUT2D eigenvalue weighted by molar-refractivity contribution is 5.97. The molecular weight excluding hydrogens is 278 g/mol. The van der Waals surface area contributed by atoms with Gasteiger partial charge in [0.2, 0.25) is 5.91 Å². The highest BCUT2D eigenvalue weighted by Crippen LogP contribution is 2.07. The lowest BCUT2D eigenvalue weighted by atomic mass is 10.1. The number of hydrogen-bond acceptors (Lipinski definition) is 3. The predicted molar refractivity (Wildman–Crippen MR) is 84.7 cm³/mol. The molecule has 0 radical (unpaired) electrons. The van der Waals surface area contributed by atoms with E-state index in [2.05, 4.69) is 10.3 Å². The Bertz CT molecular complexity index is 644. The number of Topliss-reactive ketones (excluding diaryl/α,β-unsaturated/α-hetero) is 1. The molecule has 0 saturated carbocycles. The first-order valence-corrected chi connectivity index (χ1v) is 7.38. The van der Waals surface area contributed by atoms with Crippen LogP contribution in [0.5, 0.6) is 0 Å². The molecule has 0 saturated heterocycles. The van der Waals surface area contributed by atoms with Crippen LogP contribution in [0.1, 0.15) is 34.5 Å². The van der Waals surface area contributed by atoms with Gasteiger partial charge in [0.15, 0.2) is 5.78 Å². The molecule has 0 aliphatic heterocycles. The van der Waals surface area contributed by atoms with Crippen LogP contribution in [-0.2, 0) is 18.3 Å². The minimum absolute atomic E-state index is 0.000115. The van der Waals surface area contributed by atoms with Gasteiger partial charge in [-0.2, -0.15) is 0 Å². The maximum absolute atomic E-state index is 12.0. The molecular formula is C17H21N3O2. The average Bonchev–Trinajstić information content (AvgIpc) is 2.91. The van der Waals surface area contributed by atoms with Crippen molar-refractivity contribution < 1.29 is 9.59 Å². The van der Waals surface area contributed by atoms with Crippen molar-refractivity contribution in [3.8, 4) is 0 Å². The summed E-state index contributed by atoms with van der Waals surface area (Å²) in [6.45, 7) is 2.51. The molecule has 2 aromatic rings. The van der Waals surface area contributed by atoms with E-state index in [9.17, 15) is 9.59 Å². The number of imidazole rings is 1. The fourth-order valence-electron chi connectivity index (χ4n) is 2.13. The Kier molecular flexibility index (Phi) is 5.47. The summed E-state index contributed by atoms with van der Waals surface area (Å²) in [6.07, 6.45) is 4.80. The zero-order valence-corrected chi connectivity index (χ0v) is 13.0. The molecule has 1 N–H and O–H groups in total. The van der Waals surface area contributed by atoms with Gasteiger partial charge in [-0.1, -0.05) is 29.8 Å². The van der Waals surface area contributed by atoms with Crippen molar-refractivity contribution in [2.45, 2.75) is 26.2 Å². The van der Waals surface area contributed by atoms with Gasteiger partial charge in [0.25, 0.3) is 0 Å². The van der Waals surface area contributed by atoms with Crippen molar-refractivity contribution in [3.05, 3.63) is 53.6 Å². The zero-order chi connectivity index (χ0) is 15.9. The van der Waals surface area contributed by atoms with E-state index in [-0.39, 0.29) is 24.5 Å². The fraction of sp³-hybridized carbons (Fsp3) is 0.353. The predicted octanol–water partition coefficient (Wildman–Crippen LogP) is 2.05. The monoisotopic (exact) mass is 299 g/mol. The Morgan fingerprint density at radius 2 is 1.91 bits per heavy atom. The summed E-state index contributed by atoms with van der Waals surface area (Å²) in [5.74, 6) is -0.101. The molecule has 5 heteroatoms. The molecule has 1 aromatic carbocycles. The molecule has 0 unspecified atom stereocenters. The van der Waals surface area contributed by atoms with Crippen LogP contribution < -0.4 is 5.32 Å². The number of aryl methyl sites for hydroxylation is 2. The van der Waals surface area contributed by atoms with E-state index >= 15 is 0 Å². The summed E-state index contributed by atoms with van der Waals surface area (Å²) in [5, 5.41) is 2.82. The highest BCUT2D eigenvalue weighted by atomic mass is 16.2. The van der Waals surface area contributed by atoms with Gasteiger partial charge in [0.05, 0.1) is 12.0 Å². The lowest BCUT2D eigenvalue weighted by Gasteiger charge is -2.04. The van der Waals surface area contributed by atoms with Crippen molar-refractivity contribution in [3.63, 3.8) is 0 Å². The number of hydrogen-bond donors (Lipinski definition) is 1. The first-order valence-electron chi connectivity index (χ1n) is 7.38. The molecule has 0 aliphatic carbocycles. The lowest BCUT2D eigenvalue weighted by Crippen LogP contribution is -2.26. The van der Waals surface area contributed by atoms with Gasteiger partial charge < -0.3 is 9.88 Å². The Labute approximate surface area is 130 Å². The summed E-state index contributed by atoms with van der Waals surface area (Å²) >= 11 is 0. The molecule has 1 aromatic heterocycles. The number of amides is 1. The van der Waals surface area contributed by atoms with E-state index in [1.165, 1.54) is 0 Å². The van der Waals surface area contributed by atoms with E-state index in [0.29, 0.717) is 18.5 Å². The fourth-order valence-corrected chi connectivity index (χ4v) is 2.13. The number of nitrogens with one attached hydrogen (secondary N) is 1. The second-order valence-corrected chi connectivity index (χ2v) is 5.42. The second-order valence-electron chi connectivity index (χ2n) is 5.42. The van der Waals surface area contributed by atoms with Crippen LogP contribution in [-0.4, -0.2) is 27.8 Å². The van der Waals surface area contributed by atoms with E-state index < -0.39 is 0 Å². The summed E-state index contributed by atoms with van der Waals surface area (Å²) in [7, 11) is 1.91. The summed E-state index contributed by atoms with van der Waals surface area (Å²) in [4.78, 5) is 27.9. The second kappa shape index (κ2) is 7.54. The molecule has 116 valence electrons. The van der Waals surface area contributed by atoms with Gasteiger partial charge in [-0.25, -0.2) is 4.98 Å². The van der Waals surface area contributed by atoms with Crippen molar-refractivity contribution >= 4 is 11.7 Å². The van der Waals surface area contributed by atoms with Gasteiger partial charge in [-0.3, -0.25) is 9.59 Å². The molecule has 0 fully saturated rings. The van der Waals surface area contributed by atoms with Crippen LogP contribution in [0.4, 0.5) is 0 Å². The van der Waals surface area contributed by atoms with Crippen LogP contribution in [0.25, 0.3) is 0 Å². The zero-order valence-electron chi connectivity index (χ0n) is 13.0. The standard InChI is InChI=1S/C17H21N3O2/c1-13-3-5-14(6-4-13)16(21)7-8-17(22)18-10-9-15-11-20(2)12-19-15/h3-6,11-12H,7-10H2,1-2H3,(H,18,22). The maximum atomic E-state index is 12.0. The van der Waals surface area contributed by atoms with Gasteiger partial charge in [-0.15, -0.1) is 0 Å². The number of nitrogens with zero attached hydrogens (tertiary/aromatic N) is 2. The molecule has 0 spiro atoms. The largest absolute Gasteiger partial charge is 0.356 e. The van der Waals surface area contributed by atoms with E-state index in [1.54, 1.807) is 18.5 Å². The molecule has 0 aliphatic rings. The van der Waals surface area contributed by atoms with Gasteiger partial charge in [0.1, 0.15) is 0 Å². The summed E-state index contributed by atoms with van der Waals surface area (Å²) < 4.78 is 1.87. The molecule has 1 amide bonds. The van der Waals surface area contributed by atoms with Crippen LogP contribution in [0, 0.1) is 6.92 Å². The van der Waals surface area contributed by atoms with Crippen molar-refractivity contribution in [2.75, 3.05) is 6.54 Å². The number of benzene rings is 1. The van der Waals surface area contributed by atoms with Gasteiger partial charge in [0, 0.05) is 44.6 Å². The van der Waals surface area contributed by atoms with E-state index in [1.807, 2.05) is 36.9 Å². The summed E-state index contributed by atoms with van der Waals surface area (Å²) in [5.41, 5.74) is 2.72. The number of ketones is 1. The Hall–Kier alpha value is -2.43. The lowest BCUT2D eigenvalue weighted by molar-refractivity contribution is -0.121. The number of rotatable bonds is 7. The maximum Gasteiger partial charge on any atom is 0.220 e. The van der Waals surface area contributed by atoms with E-state index in [4.69, 9.17) is 0 Å². The smallest absolute Gasteiger partial charge is 0.220 e. The third kappa shape index (κ3) is 4.84. The van der Waals surface area contributed by atoms with Crippen molar-refractivity contribution in [2.24, 2.45) is 7.05 Å². The van der Waals surface area contributed by atoms with Crippen molar-refractivity contribution in [1.82, 2.24) is 14.9 Å². The van der Waals surface area contributed by atoms with Gasteiger partial charge in [-0.05, 0) is 6.92 Å². The van der Waals surface area contributed by atoms with Gasteiger partial charge >= 0.3 is 0 Å². The van der Waals surface area contributed by atoms with Crippen molar-refractivity contribution in [1.29, 1.82) is 0 Å². The van der Waals surface area contributed by atoms with Crippen LogP contribution in [0.15, 0.2) is 36.8 Å². The third-order valence-corrected chi connectivity index (χ3v) is 3.41.